The number of halogens is 9. The predicted molar refractivity (Wildman–Crippen MR) is 69.7 cm³/mol. The molecule has 1 saturated heterocycles. The molecule has 0 aliphatic carbocycles. The maximum Gasteiger partial charge on any atom is 0.460 e. The van der Waals surface area contributed by atoms with Crippen LogP contribution in [0.15, 0.2) is 12.2 Å². The van der Waals surface area contributed by atoms with Crippen molar-refractivity contribution in [3.05, 3.63) is 12.2 Å². The van der Waals surface area contributed by atoms with Crippen LogP contribution < -0.4 is 0 Å². The number of nitrogens with zero attached hydrogens (tertiary/aromatic N) is 1. The Labute approximate surface area is 137 Å². The topological polar surface area (TPSA) is 20.1 Å². The monoisotopic (exact) mass is 385 g/mol. The Balaban J connectivity index is 3.39. The third-order valence-corrected chi connectivity index (χ3v) is 4.12. The fraction of sp³-hybridized carbons (Fsp3) is 0.786. The molecular weight excluding hydrogens is 369 g/mol. The lowest BCUT2D eigenvalue weighted by molar-refractivity contribution is -0.401. The average molecular weight is 385 g/mol. The van der Waals surface area contributed by atoms with Gasteiger partial charge in [-0.05, 0) is 13.3 Å². The zero-order valence-corrected chi connectivity index (χ0v) is 13.3. The zero-order valence-electron chi connectivity index (χ0n) is 13.3. The molecule has 1 aliphatic heterocycles. The van der Waals surface area contributed by atoms with Crippen LogP contribution in [0.4, 0.5) is 39.5 Å². The number of hydrogen-bond acceptors (Lipinski definition) is 1. The van der Waals surface area contributed by atoms with Crippen LogP contribution in [0, 0.1) is 0 Å². The molecular formula is C14H16F9NO. The first kappa shape index (κ1) is 21.6. The van der Waals surface area contributed by atoms with Crippen molar-refractivity contribution in [2.45, 2.75) is 62.6 Å². The molecule has 11 heteroatoms. The van der Waals surface area contributed by atoms with Crippen molar-refractivity contribution in [2.75, 3.05) is 6.54 Å². The highest BCUT2D eigenvalue weighted by Gasteiger charge is 2.89. The summed E-state index contributed by atoms with van der Waals surface area (Å²) in [7, 11) is 0. The molecule has 25 heavy (non-hydrogen) atoms. The lowest BCUT2D eigenvalue weighted by Crippen LogP contribution is -2.66. The van der Waals surface area contributed by atoms with E-state index in [9.17, 15) is 44.3 Å². The van der Waals surface area contributed by atoms with Gasteiger partial charge in [0.25, 0.3) is 0 Å². The molecule has 0 saturated carbocycles. The number of carbonyl (C=O) groups excluding carboxylic acids is 1. The van der Waals surface area contributed by atoms with Gasteiger partial charge in [-0.15, -0.1) is 0 Å². The van der Waals surface area contributed by atoms with Crippen molar-refractivity contribution in [1.29, 1.82) is 0 Å². The first-order chi connectivity index (χ1) is 11.0. The second-order valence-electron chi connectivity index (χ2n) is 6.03. The van der Waals surface area contributed by atoms with E-state index in [4.69, 9.17) is 0 Å². The summed E-state index contributed by atoms with van der Waals surface area (Å²) in [6.45, 7) is 4.63. The van der Waals surface area contributed by atoms with Crippen molar-refractivity contribution in [3.8, 4) is 0 Å². The molecule has 0 aromatic rings. The van der Waals surface area contributed by atoms with Crippen molar-refractivity contribution in [3.63, 3.8) is 0 Å². The summed E-state index contributed by atoms with van der Waals surface area (Å²) in [5, 5.41) is 0. The molecule has 0 aromatic heterocycles. The van der Waals surface area contributed by atoms with Gasteiger partial charge < -0.3 is 4.90 Å². The molecule has 0 radical (unpaired) electrons. The van der Waals surface area contributed by atoms with Gasteiger partial charge >= 0.3 is 23.9 Å². The lowest BCUT2D eigenvalue weighted by Gasteiger charge is -2.38. The van der Waals surface area contributed by atoms with E-state index in [2.05, 4.69) is 6.58 Å². The maximum atomic E-state index is 14.3. The predicted octanol–water partition coefficient (Wildman–Crippen LogP) is 4.80. The zero-order chi connectivity index (χ0) is 20.1. The second-order valence-corrected chi connectivity index (χ2v) is 6.03. The smallest absolute Gasteiger partial charge is 0.323 e. The van der Waals surface area contributed by atoms with Crippen LogP contribution in [0.3, 0.4) is 0 Å². The van der Waals surface area contributed by atoms with Gasteiger partial charge in [0, 0.05) is 5.57 Å². The standard InChI is InChI=1S/C14H16F9NO/c1-4-5-6-10(7-24(10)9(25)8(2)3)11(15,16)12(17,18)13(19,20)14(21,22)23/h2,4-7H2,1,3H3. The Kier molecular flexibility index (Phi) is 5.26. The van der Waals surface area contributed by atoms with E-state index in [0.29, 0.717) is 0 Å². The Morgan fingerprint density at radius 2 is 1.52 bits per heavy atom. The van der Waals surface area contributed by atoms with Crippen molar-refractivity contribution < 1.29 is 44.3 Å². The van der Waals surface area contributed by atoms with Crippen LogP contribution in [0.2, 0.25) is 0 Å². The summed E-state index contributed by atoms with van der Waals surface area (Å²) >= 11 is 0. The van der Waals surface area contributed by atoms with Crippen molar-refractivity contribution in [2.24, 2.45) is 0 Å². The minimum atomic E-state index is -6.97. The highest BCUT2D eigenvalue weighted by atomic mass is 19.4. The molecule has 2 nitrogen and oxygen atoms in total. The molecule has 1 heterocycles. The van der Waals surface area contributed by atoms with Gasteiger partial charge in [-0.1, -0.05) is 26.3 Å². The number of carbonyl (C=O) groups is 1. The van der Waals surface area contributed by atoms with Crippen LogP contribution in [0.25, 0.3) is 0 Å². The van der Waals surface area contributed by atoms with Gasteiger partial charge in [0.1, 0.15) is 5.54 Å². The molecule has 1 fully saturated rings. The van der Waals surface area contributed by atoms with Gasteiger partial charge in [-0.25, -0.2) is 0 Å². The van der Waals surface area contributed by atoms with Gasteiger partial charge in [0.2, 0.25) is 5.91 Å². The Bertz CT molecular complexity index is 555. The van der Waals surface area contributed by atoms with Gasteiger partial charge in [-0.2, -0.15) is 39.5 Å². The fourth-order valence-corrected chi connectivity index (χ4v) is 2.50. The number of unbranched alkanes of at least 4 members (excludes halogenated alkanes) is 1. The van der Waals surface area contributed by atoms with Crippen LogP contribution >= 0.6 is 0 Å². The first-order valence-corrected chi connectivity index (χ1v) is 7.19. The quantitative estimate of drug-likeness (QED) is 0.350. The summed E-state index contributed by atoms with van der Waals surface area (Å²) in [5.74, 6) is -20.7. The van der Waals surface area contributed by atoms with Gasteiger partial charge in [0.05, 0.1) is 6.54 Å². The first-order valence-electron chi connectivity index (χ1n) is 7.19. The number of rotatable bonds is 7. The molecule has 0 bridgehead atoms. The number of amides is 1. The largest absolute Gasteiger partial charge is 0.460 e. The minimum Gasteiger partial charge on any atom is -0.323 e. The van der Waals surface area contributed by atoms with E-state index < -0.39 is 48.4 Å². The third-order valence-electron chi connectivity index (χ3n) is 4.12. The molecule has 0 N–H and O–H groups in total. The minimum absolute atomic E-state index is 0.172. The highest BCUT2D eigenvalue weighted by molar-refractivity contribution is 5.95. The maximum absolute atomic E-state index is 14.3. The summed E-state index contributed by atoms with van der Waals surface area (Å²) in [6, 6.07) is 0. The Morgan fingerprint density at radius 3 is 1.88 bits per heavy atom. The Hall–Kier alpha value is -1.42. The molecule has 0 aromatic carbocycles. The average Bonchev–Trinajstić information content (AvgIpc) is 3.18. The van der Waals surface area contributed by atoms with Gasteiger partial charge in [0.15, 0.2) is 0 Å². The summed E-state index contributed by atoms with van der Waals surface area (Å²) in [4.78, 5) is 11.9. The fourth-order valence-electron chi connectivity index (χ4n) is 2.50. The van der Waals surface area contributed by atoms with Crippen LogP contribution in [-0.2, 0) is 4.79 Å². The van der Waals surface area contributed by atoms with E-state index in [1.54, 1.807) is 0 Å². The molecule has 1 atom stereocenters. The normalized spacial score (nSPS) is 22.1. The Morgan fingerprint density at radius 1 is 1.04 bits per heavy atom. The van der Waals surface area contributed by atoms with E-state index in [1.807, 2.05) is 0 Å². The van der Waals surface area contributed by atoms with Crippen LogP contribution in [-0.4, -0.2) is 46.8 Å². The second kappa shape index (κ2) is 6.08. The van der Waals surface area contributed by atoms with Crippen molar-refractivity contribution >= 4 is 5.91 Å². The summed E-state index contributed by atoms with van der Waals surface area (Å²) in [5.41, 5.74) is -3.45. The van der Waals surface area contributed by atoms with Crippen molar-refractivity contribution in [1.82, 2.24) is 4.90 Å². The van der Waals surface area contributed by atoms with Crippen LogP contribution in [0.5, 0.6) is 0 Å². The van der Waals surface area contributed by atoms with E-state index >= 15 is 0 Å². The molecule has 1 rings (SSSR count). The van der Waals surface area contributed by atoms with E-state index in [0.717, 1.165) is 6.92 Å². The summed E-state index contributed by atoms with van der Waals surface area (Å²) in [6.07, 6.45) is -7.74. The van der Waals surface area contributed by atoms with Gasteiger partial charge in [-0.3, -0.25) is 4.79 Å². The molecule has 146 valence electrons. The molecule has 1 amide bonds. The highest BCUT2D eigenvalue weighted by Crippen LogP contribution is 2.62. The number of hydrogen-bond donors (Lipinski definition) is 0. The number of alkyl halides is 9. The SMILES string of the molecule is C=C(C)C(=O)N1CC1(CCCC)C(F)(F)C(F)(F)C(F)(F)C(F)(F)F. The third kappa shape index (κ3) is 2.99. The van der Waals surface area contributed by atoms with E-state index in [-0.39, 0.29) is 23.3 Å². The molecule has 1 unspecified atom stereocenters. The van der Waals surface area contributed by atoms with Crippen LogP contribution in [0.1, 0.15) is 33.1 Å². The van der Waals surface area contributed by atoms with E-state index in [1.165, 1.54) is 6.92 Å². The molecule has 1 aliphatic rings. The lowest BCUT2D eigenvalue weighted by atomic mass is 9.87. The summed E-state index contributed by atoms with van der Waals surface area (Å²) < 4.78 is 119. The molecule has 0 spiro atoms.